The zero-order valence-corrected chi connectivity index (χ0v) is 25.8. The number of hydrogen-bond acceptors (Lipinski definition) is 4. The Balaban J connectivity index is 1.27. The second-order valence-corrected chi connectivity index (χ2v) is 12.1. The van der Waals surface area contributed by atoms with Crippen molar-refractivity contribution in [3.8, 4) is 22.6 Å². The Kier molecular flexibility index (Phi) is 7.11. The fraction of sp³-hybridized carbons (Fsp3) is 0.278. The summed E-state index contributed by atoms with van der Waals surface area (Å²) < 4.78 is 19.4. The van der Waals surface area contributed by atoms with Crippen LogP contribution in [-0.2, 0) is 20.0 Å². The van der Waals surface area contributed by atoms with Gasteiger partial charge in [0.1, 0.15) is 12.0 Å². The van der Waals surface area contributed by atoms with Gasteiger partial charge >= 0.3 is 0 Å². The van der Waals surface area contributed by atoms with E-state index in [-0.39, 0.29) is 18.0 Å². The number of aromatic amines is 1. The van der Waals surface area contributed by atoms with Gasteiger partial charge in [0.2, 0.25) is 0 Å². The van der Waals surface area contributed by atoms with E-state index in [1.54, 1.807) is 49.2 Å². The minimum absolute atomic E-state index is 0.0497. The maximum atomic E-state index is 15.5. The van der Waals surface area contributed by atoms with Crippen LogP contribution >= 0.6 is 0 Å². The summed E-state index contributed by atoms with van der Waals surface area (Å²) in [6.45, 7) is 2.15. The summed E-state index contributed by atoms with van der Waals surface area (Å²) >= 11 is 0. The molecular formula is C36H35FN6O2. The SMILES string of the molecule is CCc1cc2c(=O)[nH]ccc2cc1-c1nc(-c2cccc3nn(CC(F)c4ccc(C(=O)N(C)C)cc4)cc23)c(C2CC2)n1C. The lowest BCUT2D eigenvalue weighted by Crippen LogP contribution is -2.21. The van der Waals surface area contributed by atoms with Crippen molar-refractivity contribution < 1.29 is 9.18 Å². The number of carbonyl (C=O) groups is 1. The van der Waals surface area contributed by atoms with Crippen molar-refractivity contribution >= 4 is 27.6 Å². The fourth-order valence-electron chi connectivity index (χ4n) is 6.31. The van der Waals surface area contributed by atoms with Gasteiger partial charge in [-0.25, -0.2) is 9.37 Å². The average Bonchev–Trinajstić information content (AvgIpc) is 3.70. The molecule has 228 valence electrons. The summed E-state index contributed by atoms with van der Waals surface area (Å²) in [5, 5.41) is 7.21. The molecule has 0 saturated heterocycles. The molecule has 8 nitrogen and oxygen atoms in total. The molecule has 1 aliphatic carbocycles. The van der Waals surface area contributed by atoms with Crippen LogP contribution in [0.3, 0.4) is 0 Å². The van der Waals surface area contributed by atoms with Crippen molar-refractivity contribution in [1.82, 2.24) is 29.2 Å². The molecule has 3 aromatic carbocycles. The second kappa shape index (κ2) is 11.1. The van der Waals surface area contributed by atoms with Gasteiger partial charge in [-0.1, -0.05) is 31.2 Å². The summed E-state index contributed by atoms with van der Waals surface area (Å²) in [4.78, 5) is 34.3. The van der Waals surface area contributed by atoms with Gasteiger partial charge in [-0.3, -0.25) is 14.3 Å². The van der Waals surface area contributed by atoms with E-state index in [0.717, 1.165) is 63.8 Å². The second-order valence-electron chi connectivity index (χ2n) is 12.1. The molecule has 7 rings (SSSR count). The van der Waals surface area contributed by atoms with Crippen LogP contribution in [0, 0.1) is 0 Å². The molecule has 1 amide bonds. The van der Waals surface area contributed by atoms with E-state index in [2.05, 4.69) is 35.7 Å². The van der Waals surface area contributed by atoms with Gasteiger partial charge in [0, 0.05) is 72.6 Å². The molecule has 3 heterocycles. The van der Waals surface area contributed by atoms with Crippen molar-refractivity contribution in [2.24, 2.45) is 7.05 Å². The maximum Gasteiger partial charge on any atom is 0.255 e. The summed E-state index contributed by atoms with van der Waals surface area (Å²) in [6.07, 6.45) is 5.28. The van der Waals surface area contributed by atoms with E-state index >= 15 is 4.39 Å². The third kappa shape index (κ3) is 5.12. The largest absolute Gasteiger partial charge is 0.345 e. The van der Waals surface area contributed by atoms with Crippen LogP contribution < -0.4 is 5.56 Å². The van der Waals surface area contributed by atoms with Crippen molar-refractivity contribution in [1.29, 1.82) is 0 Å². The number of hydrogen-bond donors (Lipinski definition) is 1. The number of H-pyrrole nitrogens is 1. The Hall–Kier alpha value is -5.05. The van der Waals surface area contributed by atoms with Gasteiger partial charge in [0.05, 0.1) is 17.8 Å². The molecule has 1 aliphatic rings. The standard InChI is InChI=1S/C36H35FN6O2/c1-5-21-17-28-25(15-16-38-35(28)44)18-27(21)34-39-32(33(42(34)4)23-11-12-23)26-7-6-8-31-29(26)19-43(40-31)20-30(37)22-9-13-24(14-10-22)36(45)41(2)3/h6-10,13-19,23,30H,5,11-12,20H2,1-4H3,(H,38,44). The number of alkyl halides is 1. The zero-order valence-electron chi connectivity index (χ0n) is 25.8. The first-order valence-corrected chi connectivity index (χ1v) is 15.4. The highest BCUT2D eigenvalue weighted by molar-refractivity contribution is 5.95. The van der Waals surface area contributed by atoms with Gasteiger partial charge in [0.15, 0.2) is 0 Å². The first-order valence-electron chi connectivity index (χ1n) is 15.4. The normalized spacial score (nSPS) is 13.9. The van der Waals surface area contributed by atoms with Gasteiger partial charge in [-0.15, -0.1) is 0 Å². The molecule has 1 N–H and O–H groups in total. The van der Waals surface area contributed by atoms with Crippen molar-refractivity contribution in [3.63, 3.8) is 0 Å². The number of nitrogens with zero attached hydrogens (tertiary/aromatic N) is 5. The molecule has 0 aliphatic heterocycles. The lowest BCUT2D eigenvalue weighted by molar-refractivity contribution is 0.0827. The lowest BCUT2D eigenvalue weighted by atomic mass is 9.99. The first-order chi connectivity index (χ1) is 21.7. The van der Waals surface area contributed by atoms with Gasteiger partial charge < -0.3 is 14.5 Å². The number of aromatic nitrogens is 5. The summed E-state index contributed by atoms with van der Waals surface area (Å²) in [5.74, 6) is 1.17. The summed E-state index contributed by atoms with van der Waals surface area (Å²) in [7, 11) is 5.47. The topological polar surface area (TPSA) is 88.8 Å². The number of carbonyl (C=O) groups excluding carboxylic acids is 1. The number of benzene rings is 3. The number of nitrogens with one attached hydrogen (secondary N) is 1. The number of aryl methyl sites for hydroxylation is 1. The number of imidazole rings is 1. The van der Waals surface area contributed by atoms with Crippen LogP contribution in [-0.4, -0.2) is 49.2 Å². The van der Waals surface area contributed by atoms with Gasteiger partial charge in [0.25, 0.3) is 11.5 Å². The van der Waals surface area contributed by atoms with E-state index in [1.165, 1.54) is 10.6 Å². The quantitative estimate of drug-likeness (QED) is 0.208. The van der Waals surface area contributed by atoms with Crippen LogP contribution in [0.2, 0.25) is 0 Å². The molecular weight excluding hydrogens is 567 g/mol. The fourth-order valence-corrected chi connectivity index (χ4v) is 6.31. The van der Waals surface area contributed by atoms with Gasteiger partial charge in [-0.05, 0) is 72.2 Å². The highest BCUT2D eigenvalue weighted by Crippen LogP contribution is 2.47. The minimum Gasteiger partial charge on any atom is -0.345 e. The molecule has 1 unspecified atom stereocenters. The molecule has 45 heavy (non-hydrogen) atoms. The Morgan fingerprint density at radius 1 is 1.07 bits per heavy atom. The Bertz CT molecular complexity index is 2140. The van der Waals surface area contributed by atoms with Gasteiger partial charge in [-0.2, -0.15) is 5.10 Å². The molecule has 3 aromatic heterocycles. The molecule has 0 spiro atoms. The van der Waals surface area contributed by atoms with Crippen LogP contribution in [0.25, 0.3) is 44.3 Å². The first kappa shape index (κ1) is 28.7. The van der Waals surface area contributed by atoms with E-state index in [9.17, 15) is 9.59 Å². The van der Waals surface area contributed by atoms with E-state index in [0.29, 0.717) is 22.4 Å². The van der Waals surface area contributed by atoms with E-state index in [4.69, 9.17) is 10.1 Å². The highest BCUT2D eigenvalue weighted by Gasteiger charge is 2.33. The smallest absolute Gasteiger partial charge is 0.255 e. The predicted octanol–water partition coefficient (Wildman–Crippen LogP) is 6.80. The highest BCUT2D eigenvalue weighted by atomic mass is 19.1. The van der Waals surface area contributed by atoms with E-state index in [1.807, 2.05) is 30.5 Å². The average molecular weight is 603 g/mol. The molecule has 0 bridgehead atoms. The number of fused-ring (bicyclic) bond motifs is 2. The molecule has 1 atom stereocenters. The Morgan fingerprint density at radius 3 is 2.56 bits per heavy atom. The maximum absolute atomic E-state index is 15.5. The molecule has 1 fully saturated rings. The number of halogens is 1. The Labute approximate surface area is 260 Å². The number of rotatable bonds is 8. The molecule has 0 radical (unpaired) electrons. The lowest BCUT2D eigenvalue weighted by Gasteiger charge is -2.12. The van der Waals surface area contributed by atoms with Crippen LogP contribution in [0.1, 0.15) is 59.0 Å². The Morgan fingerprint density at radius 2 is 1.84 bits per heavy atom. The van der Waals surface area contributed by atoms with Crippen LogP contribution in [0.15, 0.2) is 77.9 Å². The van der Waals surface area contributed by atoms with E-state index < -0.39 is 6.17 Å². The van der Waals surface area contributed by atoms with Crippen molar-refractivity contribution in [3.05, 3.63) is 106 Å². The third-order valence-corrected chi connectivity index (χ3v) is 8.85. The number of amides is 1. The van der Waals surface area contributed by atoms with Crippen LogP contribution in [0.5, 0.6) is 0 Å². The van der Waals surface area contributed by atoms with Crippen molar-refractivity contribution in [2.45, 2.75) is 44.8 Å². The van der Waals surface area contributed by atoms with Crippen LogP contribution in [0.4, 0.5) is 4.39 Å². The summed E-state index contributed by atoms with van der Waals surface area (Å²) in [5.41, 5.74) is 6.88. The van der Waals surface area contributed by atoms with Crippen molar-refractivity contribution in [2.75, 3.05) is 14.1 Å². The molecule has 9 heteroatoms. The number of pyridine rings is 1. The third-order valence-electron chi connectivity index (χ3n) is 8.85. The monoisotopic (exact) mass is 602 g/mol. The molecule has 6 aromatic rings. The zero-order chi connectivity index (χ0) is 31.4. The molecule has 1 saturated carbocycles. The summed E-state index contributed by atoms with van der Waals surface area (Å²) in [6, 6.07) is 18.7. The predicted molar refractivity (Wildman–Crippen MR) is 175 cm³/mol. The minimum atomic E-state index is -1.29.